The minimum absolute atomic E-state index is 0. The van der Waals surface area contributed by atoms with Gasteiger partial charge in [0.15, 0.2) is 5.96 Å². The van der Waals surface area contributed by atoms with Crippen LogP contribution in [0.2, 0.25) is 0 Å². The van der Waals surface area contributed by atoms with Crippen LogP contribution in [-0.2, 0) is 6.54 Å². The number of hydrogen-bond acceptors (Lipinski definition) is 3. The molecule has 6 nitrogen and oxygen atoms in total. The van der Waals surface area contributed by atoms with Gasteiger partial charge in [-0.2, -0.15) is 5.10 Å². The highest BCUT2D eigenvalue weighted by molar-refractivity contribution is 14.0. The van der Waals surface area contributed by atoms with E-state index in [2.05, 4.69) is 45.3 Å². The number of guanidine groups is 1. The van der Waals surface area contributed by atoms with Crippen LogP contribution in [0.15, 0.2) is 41.4 Å². The summed E-state index contributed by atoms with van der Waals surface area (Å²) in [6.07, 6.45) is 0. The molecule has 0 amide bonds. The minimum Gasteiger partial charge on any atom is -0.492 e. The van der Waals surface area contributed by atoms with E-state index in [9.17, 15) is 0 Å². The first kappa shape index (κ1) is 22.3. The van der Waals surface area contributed by atoms with Crippen molar-refractivity contribution < 1.29 is 4.74 Å². The lowest BCUT2D eigenvalue weighted by atomic mass is 10.2. The number of aryl methyl sites for hydroxylation is 2. The van der Waals surface area contributed by atoms with Crippen LogP contribution in [0.5, 0.6) is 5.75 Å². The molecule has 0 saturated heterocycles. The molecule has 0 saturated carbocycles. The van der Waals surface area contributed by atoms with Crippen LogP contribution < -0.4 is 15.4 Å². The van der Waals surface area contributed by atoms with Gasteiger partial charge in [0.2, 0.25) is 0 Å². The summed E-state index contributed by atoms with van der Waals surface area (Å²) in [6, 6.07) is 11.9. The highest BCUT2D eigenvalue weighted by Gasteiger charge is 2.08. The molecule has 1 aromatic carbocycles. The van der Waals surface area contributed by atoms with Gasteiger partial charge in [0.05, 0.1) is 12.2 Å². The molecule has 144 valence electrons. The van der Waals surface area contributed by atoms with E-state index in [-0.39, 0.29) is 24.0 Å². The summed E-state index contributed by atoms with van der Waals surface area (Å²) < 4.78 is 7.73. The molecule has 1 unspecified atom stereocenters. The molecule has 2 rings (SSSR count). The second-order valence-corrected chi connectivity index (χ2v) is 6.26. The van der Waals surface area contributed by atoms with Gasteiger partial charge in [-0.05, 0) is 38.0 Å². The maximum Gasteiger partial charge on any atom is 0.191 e. The van der Waals surface area contributed by atoms with E-state index in [0.717, 1.165) is 30.5 Å². The predicted molar refractivity (Wildman–Crippen MR) is 118 cm³/mol. The number of benzene rings is 1. The molecule has 0 aliphatic carbocycles. The normalized spacial score (nSPS) is 12.2. The summed E-state index contributed by atoms with van der Waals surface area (Å²) in [5.41, 5.74) is 2.26. The van der Waals surface area contributed by atoms with Gasteiger partial charge in [0.1, 0.15) is 12.4 Å². The number of nitrogens with one attached hydrogen (secondary N) is 2. The Morgan fingerprint density at radius 1 is 1.23 bits per heavy atom. The molecule has 2 N–H and O–H groups in total. The summed E-state index contributed by atoms with van der Waals surface area (Å²) in [5.74, 6) is 2.11. The van der Waals surface area contributed by atoms with Crippen molar-refractivity contribution in [2.75, 3.05) is 26.7 Å². The van der Waals surface area contributed by atoms with Gasteiger partial charge >= 0.3 is 0 Å². The first-order valence-electron chi connectivity index (χ1n) is 8.72. The number of para-hydroxylation sites is 1. The molecule has 0 aliphatic heterocycles. The van der Waals surface area contributed by atoms with Crippen molar-refractivity contribution in [3.8, 4) is 5.75 Å². The van der Waals surface area contributed by atoms with Gasteiger partial charge in [-0.3, -0.25) is 9.67 Å². The molecule has 7 heteroatoms. The Morgan fingerprint density at radius 3 is 2.58 bits per heavy atom. The Labute approximate surface area is 173 Å². The molecular formula is C19H30IN5O. The third-order valence-electron chi connectivity index (χ3n) is 3.84. The van der Waals surface area contributed by atoms with Crippen LogP contribution in [0.3, 0.4) is 0 Å². The fourth-order valence-corrected chi connectivity index (χ4v) is 2.57. The van der Waals surface area contributed by atoms with Crippen molar-refractivity contribution in [2.45, 2.75) is 27.3 Å². The predicted octanol–water partition coefficient (Wildman–Crippen LogP) is 3.00. The molecule has 0 bridgehead atoms. The number of nitrogens with zero attached hydrogens (tertiary/aromatic N) is 3. The Kier molecular flexibility index (Phi) is 10.1. The fourth-order valence-electron chi connectivity index (χ4n) is 2.57. The number of aliphatic imine (C=N–C) groups is 1. The minimum atomic E-state index is 0. The van der Waals surface area contributed by atoms with Crippen molar-refractivity contribution in [3.63, 3.8) is 0 Å². The topological polar surface area (TPSA) is 63.5 Å². The number of rotatable bonds is 8. The lowest BCUT2D eigenvalue weighted by Crippen LogP contribution is -2.41. The summed E-state index contributed by atoms with van der Waals surface area (Å²) in [7, 11) is 1.78. The molecule has 26 heavy (non-hydrogen) atoms. The summed E-state index contributed by atoms with van der Waals surface area (Å²) in [6.45, 7) is 9.32. The van der Waals surface area contributed by atoms with Gasteiger partial charge in [-0.25, -0.2) is 0 Å². The molecule has 0 fully saturated rings. The standard InChI is InChI=1S/C19H29N5O.HI/c1-15(14-24-17(3)12-16(2)23-24)13-22-19(20-4)21-10-11-25-18-8-6-5-7-9-18;/h5-9,12,15H,10-11,13-14H2,1-4H3,(H2,20,21,22);1H. The van der Waals surface area contributed by atoms with E-state index in [1.54, 1.807) is 7.05 Å². The van der Waals surface area contributed by atoms with Gasteiger partial charge in [0.25, 0.3) is 0 Å². The summed E-state index contributed by atoms with van der Waals surface area (Å²) in [4.78, 5) is 4.25. The number of aromatic nitrogens is 2. The smallest absolute Gasteiger partial charge is 0.191 e. The monoisotopic (exact) mass is 471 g/mol. The highest BCUT2D eigenvalue weighted by Crippen LogP contribution is 2.07. The molecule has 0 radical (unpaired) electrons. The molecule has 1 atom stereocenters. The zero-order chi connectivity index (χ0) is 18.1. The van der Waals surface area contributed by atoms with Gasteiger partial charge in [-0.1, -0.05) is 25.1 Å². The summed E-state index contributed by atoms with van der Waals surface area (Å²) in [5, 5.41) is 11.1. The van der Waals surface area contributed by atoms with Crippen LogP contribution in [0.4, 0.5) is 0 Å². The highest BCUT2D eigenvalue weighted by atomic mass is 127. The third kappa shape index (κ3) is 7.63. The van der Waals surface area contributed by atoms with E-state index in [1.807, 2.05) is 37.3 Å². The SMILES string of the molecule is CN=C(NCCOc1ccccc1)NCC(C)Cn1nc(C)cc1C.I. The van der Waals surface area contributed by atoms with Crippen molar-refractivity contribution in [3.05, 3.63) is 47.8 Å². The van der Waals surface area contributed by atoms with Crippen molar-refractivity contribution in [1.82, 2.24) is 20.4 Å². The molecule has 1 heterocycles. The fraction of sp³-hybridized carbons (Fsp3) is 0.474. The number of ether oxygens (including phenoxy) is 1. The molecular weight excluding hydrogens is 441 g/mol. The summed E-state index contributed by atoms with van der Waals surface area (Å²) >= 11 is 0. The molecule has 1 aromatic heterocycles. The second kappa shape index (κ2) is 11.8. The maximum atomic E-state index is 5.66. The Morgan fingerprint density at radius 2 is 1.96 bits per heavy atom. The van der Waals surface area contributed by atoms with Crippen LogP contribution in [0, 0.1) is 19.8 Å². The van der Waals surface area contributed by atoms with E-state index in [4.69, 9.17) is 4.74 Å². The first-order chi connectivity index (χ1) is 12.1. The van der Waals surface area contributed by atoms with E-state index in [0.29, 0.717) is 19.1 Å². The molecule has 2 aromatic rings. The van der Waals surface area contributed by atoms with E-state index >= 15 is 0 Å². The lowest BCUT2D eigenvalue weighted by Gasteiger charge is -2.17. The van der Waals surface area contributed by atoms with Crippen LogP contribution in [0.1, 0.15) is 18.3 Å². The average molecular weight is 471 g/mol. The Balaban J connectivity index is 0.00000338. The Bertz CT molecular complexity index is 672. The molecule has 0 aliphatic rings. The largest absolute Gasteiger partial charge is 0.492 e. The van der Waals surface area contributed by atoms with Gasteiger partial charge in [-0.15, -0.1) is 24.0 Å². The Hall–Kier alpha value is -1.77. The van der Waals surface area contributed by atoms with Gasteiger partial charge in [0, 0.05) is 25.8 Å². The number of hydrogen-bond donors (Lipinski definition) is 2. The van der Waals surface area contributed by atoms with E-state index in [1.165, 1.54) is 5.69 Å². The number of halogens is 1. The zero-order valence-electron chi connectivity index (χ0n) is 16.0. The van der Waals surface area contributed by atoms with Crippen LogP contribution in [0.25, 0.3) is 0 Å². The quantitative estimate of drug-likeness (QED) is 0.269. The lowest BCUT2D eigenvalue weighted by molar-refractivity contribution is 0.321. The van der Waals surface area contributed by atoms with Crippen molar-refractivity contribution in [1.29, 1.82) is 0 Å². The first-order valence-corrected chi connectivity index (χ1v) is 8.72. The van der Waals surface area contributed by atoms with Crippen LogP contribution in [-0.4, -0.2) is 42.5 Å². The molecule has 0 spiro atoms. The van der Waals surface area contributed by atoms with Crippen molar-refractivity contribution >= 4 is 29.9 Å². The van der Waals surface area contributed by atoms with Gasteiger partial charge < -0.3 is 15.4 Å². The maximum absolute atomic E-state index is 5.66. The zero-order valence-corrected chi connectivity index (χ0v) is 18.4. The third-order valence-corrected chi connectivity index (χ3v) is 3.84. The van der Waals surface area contributed by atoms with E-state index < -0.39 is 0 Å². The second-order valence-electron chi connectivity index (χ2n) is 6.26. The van der Waals surface area contributed by atoms with Crippen LogP contribution >= 0.6 is 24.0 Å². The average Bonchev–Trinajstić information content (AvgIpc) is 2.92. The van der Waals surface area contributed by atoms with Crippen molar-refractivity contribution in [2.24, 2.45) is 10.9 Å².